The summed E-state index contributed by atoms with van der Waals surface area (Å²) in [5.74, 6) is -3.01. The van der Waals surface area contributed by atoms with E-state index >= 15 is 0 Å². The second-order valence-electron chi connectivity index (χ2n) is 5.52. The maximum absolute atomic E-state index is 10.9. The summed E-state index contributed by atoms with van der Waals surface area (Å²) in [7, 11) is 9.75. The third-order valence-electron chi connectivity index (χ3n) is 3.15. The average molecular weight is 876 g/mol. The molecule has 1 aromatic rings. The van der Waals surface area contributed by atoms with Crippen LogP contribution in [0.4, 0.5) is 0 Å². The fourth-order valence-corrected chi connectivity index (χ4v) is 1.86. The number of aryl methyl sites for hydroxylation is 1. The van der Waals surface area contributed by atoms with E-state index in [9.17, 15) is 19.2 Å². The Balaban J connectivity index is -0.0000000893. The number of carboxylic acid groups (broad SMARTS) is 3. The number of benzene rings is 1. The van der Waals surface area contributed by atoms with Gasteiger partial charge in [0, 0.05) is 46.9 Å². The molecule has 8 N–H and O–H groups in total. The molecule has 0 radical (unpaired) electrons. The van der Waals surface area contributed by atoms with Gasteiger partial charge in [0.15, 0.2) is 0 Å². The first-order chi connectivity index (χ1) is 13.7. The van der Waals surface area contributed by atoms with Crippen LogP contribution in [0, 0.1) is 7.43 Å². The van der Waals surface area contributed by atoms with Gasteiger partial charge in [-0.3, -0.25) is 19.2 Å². The van der Waals surface area contributed by atoms with E-state index < -0.39 is 34.4 Å². The first-order valence-electron chi connectivity index (χ1n) is 8.51. The number of carbonyl (C=O) groups excluding carboxylic acids is 1. The van der Waals surface area contributed by atoms with E-state index in [1.165, 1.54) is 5.56 Å². The minimum Gasteiger partial charge on any atom is -0.693 e. The van der Waals surface area contributed by atoms with E-state index in [0.717, 1.165) is 12.8 Å². The molecule has 10 nitrogen and oxygen atoms in total. The number of carboxylic acids is 3. The van der Waals surface area contributed by atoms with Crippen LogP contribution < -0.4 is 5.32 Å². The van der Waals surface area contributed by atoms with Gasteiger partial charge in [-0.05, 0) is 24.8 Å². The summed E-state index contributed by atoms with van der Waals surface area (Å²) in [5.41, 5.74) is 1.21. The summed E-state index contributed by atoms with van der Waals surface area (Å²) in [4.78, 5) is 41.2. The van der Waals surface area contributed by atoms with Gasteiger partial charge in [0.2, 0.25) is 5.91 Å². The molecule has 202 valence electrons. The van der Waals surface area contributed by atoms with Crippen molar-refractivity contribution in [1.82, 2.24) is 5.32 Å². The molecule has 0 unspecified atom stereocenters. The molecule has 1 aromatic carbocycles. The summed E-state index contributed by atoms with van der Waals surface area (Å²) in [6.45, 7) is 0.269. The van der Waals surface area contributed by atoms with Crippen LogP contribution in [0.25, 0.3) is 12.3 Å². The second kappa shape index (κ2) is 33.2. The summed E-state index contributed by atoms with van der Waals surface area (Å²) >= 11 is -0.472. The van der Waals surface area contributed by atoms with Crippen LogP contribution in [-0.4, -0.2) is 45.7 Å². The van der Waals surface area contributed by atoms with Gasteiger partial charge >= 0.3 is 53.2 Å². The van der Waals surface area contributed by atoms with Gasteiger partial charge in [0.1, 0.15) is 0 Å². The molecule has 0 aliphatic heterocycles. The van der Waals surface area contributed by atoms with Crippen molar-refractivity contribution < 1.29 is 72.0 Å². The summed E-state index contributed by atoms with van der Waals surface area (Å²) in [6, 6.07) is 9.93. The predicted molar refractivity (Wildman–Crippen MR) is 122 cm³/mol. The summed E-state index contributed by atoms with van der Waals surface area (Å²) in [5, 5.41) is 27.3. The fourth-order valence-electron chi connectivity index (χ4n) is 1.86. The smallest absolute Gasteiger partial charge is 0 e. The van der Waals surface area contributed by atoms with Crippen LogP contribution in [0.5, 0.6) is 0 Å². The molecule has 33 heavy (non-hydrogen) atoms. The van der Waals surface area contributed by atoms with Gasteiger partial charge in [0.25, 0.3) is 0 Å². The Morgan fingerprint density at radius 3 is 1.64 bits per heavy atom. The zero-order valence-electron chi connectivity index (χ0n) is 18.1. The van der Waals surface area contributed by atoms with Crippen molar-refractivity contribution in [3.63, 3.8) is 0 Å². The van der Waals surface area contributed by atoms with Gasteiger partial charge in [0.05, 0.1) is 6.42 Å². The molecule has 0 spiro atoms. The van der Waals surface area contributed by atoms with E-state index in [0.29, 0.717) is 6.42 Å². The van der Waals surface area contributed by atoms with Crippen molar-refractivity contribution in [3.05, 3.63) is 55.6 Å². The minimum atomic E-state index is -1.02. The third-order valence-corrected chi connectivity index (χ3v) is 3.15. The van der Waals surface area contributed by atoms with Crippen LogP contribution in [0.3, 0.4) is 0 Å². The van der Waals surface area contributed by atoms with Gasteiger partial charge < -0.3 is 40.4 Å². The number of rotatable bonds is 11. The molecular weight excluding hydrogens is 843 g/mol. The number of hydrogen-bond acceptors (Lipinski definition) is 4. The van der Waals surface area contributed by atoms with Gasteiger partial charge in [-0.25, -0.2) is 0 Å². The topological polar surface area (TPSA) is 208 Å². The number of amides is 1. The van der Waals surface area contributed by atoms with Crippen molar-refractivity contribution in [2.24, 2.45) is 0 Å². The summed E-state index contributed by atoms with van der Waals surface area (Å²) in [6.07, 6.45) is 1.92. The quantitative estimate of drug-likeness (QED) is 0.173. The molecule has 0 atom stereocenters. The van der Waals surface area contributed by atoms with E-state index in [4.69, 9.17) is 34.2 Å². The molecule has 14 heteroatoms. The maximum atomic E-state index is 10.9. The zero-order valence-corrected chi connectivity index (χ0v) is 24.1. The third kappa shape index (κ3) is 41.7. The SMILES string of the molecule is O=C(O)CCCNC(=O)CCC(=O)O.O=C(O)CCCc1ccccc1.[CH3-].[Cl][Pt][Cl].[NH2-].[NH2-].[Pt]. The van der Waals surface area contributed by atoms with Crippen molar-refractivity contribution in [1.29, 1.82) is 0 Å². The number of halogens is 2. The largest absolute Gasteiger partial charge is 0.693 e. The molecule has 1 amide bonds. The van der Waals surface area contributed by atoms with E-state index in [-0.39, 0.29) is 78.9 Å². The Labute approximate surface area is 226 Å². The van der Waals surface area contributed by atoms with Gasteiger partial charge in [-0.1, -0.05) is 30.3 Å². The molecule has 0 heterocycles. The molecular formula is C19H32Cl2N3O7Pt2-3. The number of nitrogens with two attached hydrogens (primary N) is 2. The molecule has 0 aliphatic carbocycles. The van der Waals surface area contributed by atoms with E-state index in [1.54, 1.807) is 0 Å². The molecule has 0 saturated carbocycles. The number of nitrogens with one attached hydrogen (secondary N) is 1. The molecule has 0 saturated heterocycles. The van der Waals surface area contributed by atoms with Crippen molar-refractivity contribution in [2.45, 2.75) is 44.9 Å². The summed E-state index contributed by atoms with van der Waals surface area (Å²) < 4.78 is 0. The maximum Gasteiger partial charge on any atom is 0 e. The van der Waals surface area contributed by atoms with E-state index in [2.05, 4.69) is 5.32 Å². The molecule has 0 aliphatic rings. The second-order valence-corrected chi connectivity index (χ2v) is 8.80. The van der Waals surface area contributed by atoms with Crippen molar-refractivity contribution in [3.8, 4) is 0 Å². The number of aliphatic carboxylic acids is 3. The molecule has 1 rings (SSSR count). The first kappa shape index (κ1) is 45.5. The van der Waals surface area contributed by atoms with Crippen molar-refractivity contribution in [2.75, 3.05) is 6.54 Å². The van der Waals surface area contributed by atoms with Gasteiger partial charge in [-0.15, -0.1) is 0 Å². The monoisotopic (exact) mass is 874 g/mol. The first-order valence-corrected chi connectivity index (χ1v) is 14.1. The van der Waals surface area contributed by atoms with Crippen LogP contribution in [0.15, 0.2) is 30.3 Å². The normalized spacial score (nSPS) is 8.18. The van der Waals surface area contributed by atoms with Crippen LogP contribution in [0.2, 0.25) is 0 Å². The number of carbonyl (C=O) groups is 4. The van der Waals surface area contributed by atoms with Gasteiger partial charge in [-0.2, -0.15) is 0 Å². The Morgan fingerprint density at radius 2 is 1.21 bits per heavy atom. The Bertz CT molecular complexity index is 616. The predicted octanol–water partition coefficient (Wildman–Crippen LogP) is 5.18. The Hall–Kier alpha value is -1.02. The zero-order chi connectivity index (χ0) is 22.5. The molecule has 0 fully saturated rings. The van der Waals surface area contributed by atoms with Crippen LogP contribution >= 0.6 is 18.8 Å². The van der Waals surface area contributed by atoms with E-state index in [1.807, 2.05) is 30.3 Å². The Kier molecular flexibility index (Phi) is 45.7. The molecule has 0 bridgehead atoms. The minimum absolute atomic E-state index is 0. The standard InChI is InChI=1S/C10H12O2.C8H13NO5.CH3.2ClH.2H2N.2Pt/c11-10(12)8-4-7-9-5-2-1-3-6-9;10-6(3-4-8(13)14)9-5-1-2-7(11)12;;;;;;;/h1-3,5-6H,4,7-8H2,(H,11,12);1-5H2,(H,9,10)(H,11,12)(H,13,14);1H3;2*1H;2*1H2;;/q;;-1;;;2*-1;;+2/p-2. The van der Waals surface area contributed by atoms with Crippen LogP contribution in [0.1, 0.15) is 44.1 Å². The van der Waals surface area contributed by atoms with Crippen LogP contribution in [-0.2, 0) is 63.1 Å². The fraction of sp³-hybridized carbons (Fsp3) is 0.421. The number of hydrogen-bond donors (Lipinski definition) is 4. The average Bonchev–Trinajstić information content (AvgIpc) is 2.65. The Morgan fingerprint density at radius 1 is 0.788 bits per heavy atom. The van der Waals surface area contributed by atoms with Crippen molar-refractivity contribution >= 4 is 42.7 Å². The molecule has 0 aromatic heterocycles.